The summed E-state index contributed by atoms with van der Waals surface area (Å²) in [6, 6.07) is 10.2. The highest BCUT2D eigenvalue weighted by molar-refractivity contribution is 7.89. The number of benzene rings is 2. The fourth-order valence-electron chi connectivity index (χ4n) is 3.98. The van der Waals surface area contributed by atoms with E-state index in [9.17, 15) is 13.2 Å². The number of aryl methyl sites for hydroxylation is 2. The molecule has 0 saturated carbocycles. The first-order valence-electron chi connectivity index (χ1n) is 10.9. The summed E-state index contributed by atoms with van der Waals surface area (Å²) >= 11 is 0. The number of hydrogen-bond acceptors (Lipinski definition) is 4. The van der Waals surface area contributed by atoms with Gasteiger partial charge in [0.2, 0.25) is 10.0 Å². The van der Waals surface area contributed by atoms with E-state index < -0.39 is 10.0 Å². The Morgan fingerprint density at radius 1 is 1.06 bits per heavy atom. The highest BCUT2D eigenvalue weighted by Crippen LogP contribution is 2.28. The molecule has 2 N–H and O–H groups in total. The largest absolute Gasteiger partial charge is 0.496 e. The van der Waals surface area contributed by atoms with Crippen LogP contribution in [0.3, 0.4) is 0 Å². The third-order valence-electron chi connectivity index (χ3n) is 5.63. The Morgan fingerprint density at radius 3 is 2.42 bits per heavy atom. The summed E-state index contributed by atoms with van der Waals surface area (Å²) in [6.45, 7) is 5.65. The van der Waals surface area contributed by atoms with Crippen LogP contribution in [0.5, 0.6) is 5.75 Å². The van der Waals surface area contributed by atoms with Crippen LogP contribution in [0.15, 0.2) is 41.3 Å². The topological polar surface area (TPSA) is 84.5 Å². The summed E-state index contributed by atoms with van der Waals surface area (Å²) in [4.78, 5) is 12.6. The summed E-state index contributed by atoms with van der Waals surface area (Å²) in [5, 5.41) is 2.79. The van der Waals surface area contributed by atoms with Crippen LogP contribution in [0.2, 0.25) is 0 Å². The second-order valence-electron chi connectivity index (χ2n) is 8.31. The van der Waals surface area contributed by atoms with Crippen LogP contribution in [-0.4, -0.2) is 27.5 Å². The van der Waals surface area contributed by atoms with Gasteiger partial charge in [0.15, 0.2) is 0 Å². The lowest BCUT2D eigenvalue weighted by molar-refractivity contribution is 0.0940. The first kappa shape index (κ1) is 23.3. The minimum absolute atomic E-state index is 0.0404. The van der Waals surface area contributed by atoms with Crippen molar-refractivity contribution >= 4 is 15.9 Å². The molecular weight excluding hydrogens is 412 g/mol. The SMILES string of the molecule is CC[C@H](NS(=O)(=O)c1ccc(OC)c(C(=O)NC(C)C)c1)c1ccc2c(c1)CCCC2. The van der Waals surface area contributed by atoms with Crippen molar-refractivity contribution in [1.82, 2.24) is 10.0 Å². The second-order valence-corrected chi connectivity index (χ2v) is 10.0. The van der Waals surface area contributed by atoms with Crippen LogP contribution in [0.25, 0.3) is 0 Å². The van der Waals surface area contributed by atoms with E-state index in [0.29, 0.717) is 12.2 Å². The van der Waals surface area contributed by atoms with Gasteiger partial charge in [0.05, 0.1) is 17.6 Å². The quantitative estimate of drug-likeness (QED) is 0.641. The van der Waals surface area contributed by atoms with Crippen LogP contribution >= 0.6 is 0 Å². The molecule has 0 spiro atoms. The van der Waals surface area contributed by atoms with E-state index in [-0.39, 0.29) is 28.4 Å². The average molecular weight is 445 g/mol. The van der Waals surface area contributed by atoms with E-state index >= 15 is 0 Å². The van der Waals surface area contributed by atoms with Crippen molar-refractivity contribution < 1.29 is 17.9 Å². The number of carbonyl (C=O) groups excluding carboxylic acids is 1. The van der Waals surface area contributed by atoms with Crippen molar-refractivity contribution in [2.45, 2.75) is 69.9 Å². The molecule has 0 saturated heterocycles. The molecular formula is C24H32N2O4S. The molecule has 0 aromatic heterocycles. The first-order chi connectivity index (χ1) is 14.7. The standard InChI is InChI=1S/C24H32N2O4S/c1-5-22(19-11-10-17-8-6-7-9-18(17)14-19)26-31(28,29)20-12-13-23(30-4)21(15-20)24(27)25-16(2)3/h10-16,22,26H,5-9H2,1-4H3,(H,25,27)/t22-/m0/s1. The fraction of sp³-hybridized carbons (Fsp3) is 0.458. The van der Waals surface area contributed by atoms with Gasteiger partial charge >= 0.3 is 0 Å². The molecule has 0 fully saturated rings. The fourth-order valence-corrected chi connectivity index (χ4v) is 5.32. The lowest BCUT2D eigenvalue weighted by Crippen LogP contribution is -2.31. The number of amides is 1. The minimum Gasteiger partial charge on any atom is -0.496 e. The van der Waals surface area contributed by atoms with Gasteiger partial charge in [0.25, 0.3) is 5.91 Å². The zero-order chi connectivity index (χ0) is 22.6. The van der Waals surface area contributed by atoms with Gasteiger partial charge in [-0.15, -0.1) is 0 Å². The highest BCUT2D eigenvalue weighted by Gasteiger charge is 2.24. The van der Waals surface area contributed by atoms with Gasteiger partial charge in [-0.25, -0.2) is 13.1 Å². The van der Waals surface area contributed by atoms with Crippen LogP contribution in [0.1, 0.15) is 73.1 Å². The van der Waals surface area contributed by atoms with Gasteiger partial charge in [-0.3, -0.25) is 4.79 Å². The van der Waals surface area contributed by atoms with E-state index in [1.54, 1.807) is 0 Å². The van der Waals surface area contributed by atoms with Gasteiger partial charge in [0, 0.05) is 12.1 Å². The van der Waals surface area contributed by atoms with Crippen LogP contribution < -0.4 is 14.8 Å². The molecule has 2 aromatic rings. The van der Waals surface area contributed by atoms with Crippen molar-refractivity contribution in [3.05, 3.63) is 58.7 Å². The predicted molar refractivity (Wildman–Crippen MR) is 122 cm³/mol. The molecule has 0 radical (unpaired) electrons. The minimum atomic E-state index is -3.84. The van der Waals surface area contributed by atoms with Gasteiger partial charge in [0.1, 0.15) is 5.75 Å². The number of sulfonamides is 1. The molecule has 1 atom stereocenters. The number of hydrogen-bond donors (Lipinski definition) is 2. The van der Waals surface area contributed by atoms with E-state index in [1.807, 2.05) is 26.8 Å². The highest BCUT2D eigenvalue weighted by atomic mass is 32.2. The lowest BCUT2D eigenvalue weighted by Gasteiger charge is -2.22. The molecule has 3 rings (SSSR count). The first-order valence-corrected chi connectivity index (χ1v) is 12.4. The molecule has 2 aromatic carbocycles. The van der Waals surface area contributed by atoms with E-state index in [1.165, 1.54) is 49.3 Å². The number of rotatable bonds is 8. The van der Waals surface area contributed by atoms with Gasteiger partial charge in [-0.05, 0) is 80.8 Å². The maximum Gasteiger partial charge on any atom is 0.255 e. The Labute approximate surface area is 185 Å². The van der Waals surface area contributed by atoms with Crippen molar-refractivity contribution in [2.24, 2.45) is 0 Å². The van der Waals surface area contributed by atoms with Crippen molar-refractivity contribution in [2.75, 3.05) is 7.11 Å². The predicted octanol–water partition coefficient (Wildman–Crippen LogP) is 4.14. The Bertz CT molecular complexity index is 1050. The third kappa shape index (κ3) is 5.46. The smallest absolute Gasteiger partial charge is 0.255 e. The zero-order valence-corrected chi connectivity index (χ0v) is 19.5. The average Bonchev–Trinajstić information content (AvgIpc) is 2.76. The second kappa shape index (κ2) is 9.83. The van der Waals surface area contributed by atoms with E-state index in [2.05, 4.69) is 22.2 Å². The van der Waals surface area contributed by atoms with Crippen LogP contribution in [-0.2, 0) is 22.9 Å². The van der Waals surface area contributed by atoms with Crippen LogP contribution in [0, 0.1) is 0 Å². The summed E-state index contributed by atoms with van der Waals surface area (Å²) in [5.74, 6) is -0.0375. The molecule has 1 amide bonds. The molecule has 0 unspecified atom stereocenters. The van der Waals surface area contributed by atoms with Crippen molar-refractivity contribution in [1.29, 1.82) is 0 Å². The Kier molecular flexibility index (Phi) is 7.38. The Morgan fingerprint density at radius 2 is 1.77 bits per heavy atom. The van der Waals surface area contributed by atoms with Crippen molar-refractivity contribution in [3.63, 3.8) is 0 Å². The number of ether oxygens (including phenoxy) is 1. The molecule has 31 heavy (non-hydrogen) atoms. The third-order valence-corrected chi connectivity index (χ3v) is 7.10. The molecule has 1 aliphatic carbocycles. The Balaban J connectivity index is 1.89. The molecule has 0 heterocycles. The summed E-state index contributed by atoms with van der Waals surface area (Å²) in [6.07, 6.45) is 5.13. The molecule has 0 aliphatic heterocycles. The monoisotopic (exact) mass is 444 g/mol. The summed E-state index contributed by atoms with van der Waals surface area (Å²) < 4.78 is 34.4. The Hall–Kier alpha value is -2.38. The summed E-state index contributed by atoms with van der Waals surface area (Å²) in [5.41, 5.74) is 3.85. The normalized spacial score (nSPS) is 14.7. The number of fused-ring (bicyclic) bond motifs is 1. The van der Waals surface area contributed by atoms with Gasteiger partial charge in [-0.2, -0.15) is 0 Å². The van der Waals surface area contributed by atoms with E-state index in [4.69, 9.17) is 4.74 Å². The van der Waals surface area contributed by atoms with Gasteiger partial charge < -0.3 is 10.1 Å². The number of nitrogens with one attached hydrogen (secondary N) is 2. The number of methoxy groups -OCH3 is 1. The lowest BCUT2D eigenvalue weighted by atomic mass is 9.89. The molecule has 168 valence electrons. The molecule has 1 aliphatic rings. The maximum atomic E-state index is 13.2. The molecule has 7 heteroatoms. The zero-order valence-electron chi connectivity index (χ0n) is 18.7. The van der Waals surface area contributed by atoms with E-state index in [0.717, 1.165) is 18.4 Å². The maximum absolute atomic E-state index is 13.2. The van der Waals surface area contributed by atoms with Crippen LogP contribution in [0.4, 0.5) is 0 Å². The summed E-state index contributed by atoms with van der Waals surface area (Å²) in [7, 11) is -2.38. The number of carbonyl (C=O) groups is 1. The molecule has 6 nitrogen and oxygen atoms in total. The van der Waals surface area contributed by atoms with Crippen molar-refractivity contribution in [3.8, 4) is 5.75 Å². The van der Waals surface area contributed by atoms with Gasteiger partial charge in [-0.1, -0.05) is 25.1 Å². The molecule has 0 bridgehead atoms.